The summed E-state index contributed by atoms with van der Waals surface area (Å²) >= 11 is 0. The fourth-order valence-corrected chi connectivity index (χ4v) is 2.54. The summed E-state index contributed by atoms with van der Waals surface area (Å²) in [5.41, 5.74) is 0. The third-order valence-corrected chi connectivity index (χ3v) is 3.63. The summed E-state index contributed by atoms with van der Waals surface area (Å²) in [6.07, 6.45) is -2.25. The third-order valence-electron chi connectivity index (χ3n) is 3.63. The van der Waals surface area contributed by atoms with E-state index in [1.807, 2.05) is 0 Å². The van der Waals surface area contributed by atoms with E-state index >= 15 is 0 Å². The summed E-state index contributed by atoms with van der Waals surface area (Å²) in [7, 11) is 0. The van der Waals surface area contributed by atoms with Crippen LogP contribution in [0, 0.1) is 5.92 Å². The number of likely N-dealkylation sites (tertiary alicyclic amines) is 1. The molecule has 0 radical (unpaired) electrons. The Labute approximate surface area is 98.3 Å². The first-order valence-corrected chi connectivity index (χ1v) is 6.07. The molecule has 0 spiro atoms. The van der Waals surface area contributed by atoms with Crippen molar-refractivity contribution in [2.75, 3.05) is 19.6 Å². The van der Waals surface area contributed by atoms with E-state index in [0.29, 0.717) is 0 Å². The lowest BCUT2D eigenvalue weighted by Gasteiger charge is -2.34. The molecule has 0 bridgehead atoms. The van der Waals surface area contributed by atoms with Gasteiger partial charge in [0.1, 0.15) is 0 Å². The first kappa shape index (κ1) is 12.7. The minimum atomic E-state index is -4.11. The molecule has 17 heavy (non-hydrogen) atoms. The highest BCUT2D eigenvalue weighted by atomic mass is 19.4. The molecule has 2 fully saturated rings. The number of alkyl halides is 3. The molecular formula is C11H17F3N2O. The van der Waals surface area contributed by atoms with Crippen molar-refractivity contribution >= 4 is 5.91 Å². The van der Waals surface area contributed by atoms with Crippen LogP contribution in [0.4, 0.5) is 13.2 Å². The molecule has 0 aliphatic carbocycles. The number of nitrogens with zero attached hydrogens (tertiary/aromatic N) is 1. The zero-order valence-electron chi connectivity index (χ0n) is 9.59. The van der Waals surface area contributed by atoms with E-state index in [0.717, 1.165) is 19.4 Å². The quantitative estimate of drug-likeness (QED) is 0.765. The second-order valence-corrected chi connectivity index (χ2v) is 4.79. The smallest absolute Gasteiger partial charge is 0.341 e. The van der Waals surface area contributed by atoms with Gasteiger partial charge in [-0.2, -0.15) is 13.2 Å². The number of rotatable bonds is 1. The van der Waals surface area contributed by atoms with Gasteiger partial charge in [0.15, 0.2) is 0 Å². The minimum Gasteiger partial charge on any atom is -0.341 e. The van der Waals surface area contributed by atoms with Crippen LogP contribution >= 0.6 is 0 Å². The number of nitrogens with one attached hydrogen (secondary N) is 1. The molecular weight excluding hydrogens is 233 g/mol. The fourth-order valence-electron chi connectivity index (χ4n) is 2.54. The number of hydrogen-bond donors (Lipinski definition) is 1. The Hall–Kier alpha value is -0.780. The third kappa shape index (κ3) is 2.91. The second-order valence-electron chi connectivity index (χ2n) is 4.79. The van der Waals surface area contributed by atoms with Crippen LogP contribution in [-0.4, -0.2) is 42.7 Å². The molecule has 6 heteroatoms. The molecule has 0 unspecified atom stereocenters. The van der Waals surface area contributed by atoms with E-state index in [4.69, 9.17) is 0 Å². The molecule has 1 N–H and O–H groups in total. The molecule has 1 atom stereocenters. The lowest BCUT2D eigenvalue weighted by Crippen LogP contribution is -2.48. The summed E-state index contributed by atoms with van der Waals surface area (Å²) in [6, 6.07) is -0.169. The summed E-state index contributed by atoms with van der Waals surface area (Å²) in [5, 5.41) is 3.08. The van der Waals surface area contributed by atoms with Crippen molar-refractivity contribution in [3.63, 3.8) is 0 Å². The van der Waals surface area contributed by atoms with Gasteiger partial charge in [-0.3, -0.25) is 4.79 Å². The highest BCUT2D eigenvalue weighted by molar-refractivity contribution is 5.82. The second kappa shape index (κ2) is 4.84. The molecule has 1 amide bonds. The van der Waals surface area contributed by atoms with Crippen molar-refractivity contribution in [2.45, 2.75) is 37.9 Å². The molecule has 0 aromatic rings. The topological polar surface area (TPSA) is 32.3 Å². The lowest BCUT2D eigenvalue weighted by molar-refractivity contribution is -0.186. The number of amides is 1. The van der Waals surface area contributed by atoms with Gasteiger partial charge in [-0.05, 0) is 32.2 Å². The number of carbonyl (C=O) groups excluding carboxylic acids is 1. The Balaban J connectivity index is 1.84. The van der Waals surface area contributed by atoms with E-state index in [2.05, 4.69) is 5.32 Å². The highest BCUT2D eigenvalue weighted by Gasteiger charge is 2.42. The van der Waals surface area contributed by atoms with Gasteiger partial charge in [-0.25, -0.2) is 0 Å². The molecule has 0 saturated carbocycles. The Morgan fingerprint density at radius 1 is 1.18 bits per heavy atom. The highest BCUT2D eigenvalue weighted by Crippen LogP contribution is 2.34. The number of carbonyl (C=O) groups is 1. The van der Waals surface area contributed by atoms with Crippen LogP contribution in [0.2, 0.25) is 0 Å². The van der Waals surface area contributed by atoms with Crippen LogP contribution in [0.25, 0.3) is 0 Å². The van der Waals surface area contributed by atoms with Crippen molar-refractivity contribution in [3.8, 4) is 0 Å². The van der Waals surface area contributed by atoms with Crippen molar-refractivity contribution in [1.82, 2.24) is 10.2 Å². The maximum atomic E-state index is 12.5. The summed E-state index contributed by atoms with van der Waals surface area (Å²) < 4.78 is 37.4. The van der Waals surface area contributed by atoms with E-state index in [1.54, 1.807) is 4.90 Å². The van der Waals surface area contributed by atoms with Crippen molar-refractivity contribution in [3.05, 3.63) is 0 Å². The van der Waals surface area contributed by atoms with Gasteiger partial charge in [-0.15, -0.1) is 0 Å². The molecule has 2 heterocycles. The average molecular weight is 250 g/mol. The van der Waals surface area contributed by atoms with E-state index in [1.165, 1.54) is 0 Å². The molecule has 3 nitrogen and oxygen atoms in total. The van der Waals surface area contributed by atoms with Gasteiger partial charge in [-0.1, -0.05) is 0 Å². The number of hydrogen-bond acceptors (Lipinski definition) is 2. The van der Waals surface area contributed by atoms with E-state index in [-0.39, 0.29) is 37.9 Å². The zero-order chi connectivity index (χ0) is 12.5. The first-order chi connectivity index (χ1) is 7.98. The Morgan fingerprint density at radius 2 is 1.82 bits per heavy atom. The first-order valence-electron chi connectivity index (χ1n) is 6.07. The summed E-state index contributed by atoms with van der Waals surface area (Å²) in [4.78, 5) is 13.5. The van der Waals surface area contributed by atoms with Crippen molar-refractivity contribution in [1.29, 1.82) is 0 Å². The SMILES string of the molecule is O=C([C@@H]1CCCN1)N1CCC(C(F)(F)F)CC1. The number of piperidine rings is 1. The lowest BCUT2D eigenvalue weighted by atomic mass is 9.96. The minimum absolute atomic E-state index is 0.0249. The van der Waals surface area contributed by atoms with Gasteiger partial charge in [0, 0.05) is 13.1 Å². The Kier molecular flexibility index (Phi) is 3.61. The standard InChI is InChI=1S/C11H17F3N2O/c12-11(13,14)8-3-6-16(7-4-8)10(17)9-2-1-5-15-9/h8-9,15H,1-7H2/t9-/m0/s1. The molecule has 98 valence electrons. The van der Waals surface area contributed by atoms with Crippen LogP contribution in [0.5, 0.6) is 0 Å². The predicted molar refractivity (Wildman–Crippen MR) is 56.4 cm³/mol. The molecule has 2 rings (SSSR count). The van der Waals surface area contributed by atoms with Crippen LogP contribution in [0.15, 0.2) is 0 Å². The Bertz CT molecular complexity index is 279. The van der Waals surface area contributed by atoms with Gasteiger partial charge >= 0.3 is 6.18 Å². The summed E-state index contributed by atoms with van der Waals surface area (Å²) in [5.74, 6) is -1.26. The zero-order valence-corrected chi connectivity index (χ0v) is 9.59. The monoisotopic (exact) mass is 250 g/mol. The number of halogens is 3. The molecule has 2 saturated heterocycles. The largest absolute Gasteiger partial charge is 0.391 e. The van der Waals surface area contributed by atoms with Crippen LogP contribution in [0.3, 0.4) is 0 Å². The van der Waals surface area contributed by atoms with Crippen molar-refractivity contribution < 1.29 is 18.0 Å². The van der Waals surface area contributed by atoms with Crippen LogP contribution in [-0.2, 0) is 4.79 Å². The molecule has 0 aromatic heterocycles. The van der Waals surface area contributed by atoms with Gasteiger partial charge in [0.25, 0.3) is 0 Å². The van der Waals surface area contributed by atoms with Gasteiger partial charge in [0.2, 0.25) is 5.91 Å². The molecule has 2 aliphatic rings. The maximum absolute atomic E-state index is 12.5. The van der Waals surface area contributed by atoms with Gasteiger partial charge in [0.05, 0.1) is 12.0 Å². The van der Waals surface area contributed by atoms with Crippen LogP contribution in [0.1, 0.15) is 25.7 Å². The molecule has 0 aromatic carbocycles. The fraction of sp³-hybridized carbons (Fsp3) is 0.909. The van der Waals surface area contributed by atoms with Crippen LogP contribution < -0.4 is 5.32 Å². The van der Waals surface area contributed by atoms with E-state index < -0.39 is 12.1 Å². The maximum Gasteiger partial charge on any atom is 0.391 e. The van der Waals surface area contributed by atoms with E-state index in [9.17, 15) is 18.0 Å². The van der Waals surface area contributed by atoms with Crippen molar-refractivity contribution in [2.24, 2.45) is 5.92 Å². The predicted octanol–water partition coefficient (Wildman–Crippen LogP) is 1.54. The average Bonchev–Trinajstić information content (AvgIpc) is 2.80. The normalized spacial score (nSPS) is 27.5. The van der Waals surface area contributed by atoms with Gasteiger partial charge < -0.3 is 10.2 Å². The Morgan fingerprint density at radius 3 is 2.29 bits per heavy atom. The summed E-state index contributed by atoms with van der Waals surface area (Å²) in [6.45, 7) is 1.30. The molecule has 2 aliphatic heterocycles.